The summed E-state index contributed by atoms with van der Waals surface area (Å²) in [5.74, 6) is -0.225. The number of thiocarbonyl (C=S) groups is 1. The number of hydrogen-bond acceptors (Lipinski definition) is 5. The molecule has 1 aliphatic rings. The maximum atomic E-state index is 12.2. The number of alkyl halides is 3. The summed E-state index contributed by atoms with van der Waals surface area (Å²) in [5.41, 5.74) is 0.466. The Morgan fingerprint density at radius 3 is 2.50 bits per heavy atom. The van der Waals surface area contributed by atoms with Crippen LogP contribution >= 0.6 is 12.2 Å². The largest absolute Gasteiger partial charge is 0.573 e. The first-order valence-electron chi connectivity index (χ1n) is 7.72. The average Bonchev–Trinajstić information content (AvgIpc) is 2.88. The van der Waals surface area contributed by atoms with Crippen molar-refractivity contribution in [2.24, 2.45) is 0 Å². The van der Waals surface area contributed by atoms with Crippen LogP contribution in [0.4, 0.5) is 18.9 Å². The molecule has 146 valence electrons. The highest BCUT2D eigenvalue weighted by molar-refractivity contribution is 7.91. The van der Waals surface area contributed by atoms with Gasteiger partial charge in [-0.2, -0.15) is 0 Å². The lowest BCUT2D eigenvalue weighted by atomic mass is 10.2. The maximum absolute atomic E-state index is 12.2. The Balaban J connectivity index is 2.04. The minimum absolute atomic E-state index is 0.0108. The number of hydrogen-bond donors (Lipinski definition) is 1. The van der Waals surface area contributed by atoms with Crippen molar-refractivity contribution in [3.8, 4) is 5.75 Å². The second-order valence-corrected chi connectivity index (χ2v) is 8.36. The molecule has 1 saturated heterocycles. The fraction of sp³-hybridized carbons (Fsp3) is 0.533. The van der Waals surface area contributed by atoms with Crippen molar-refractivity contribution in [2.75, 3.05) is 37.1 Å². The van der Waals surface area contributed by atoms with Crippen molar-refractivity contribution in [1.29, 1.82) is 0 Å². The molecule has 1 aromatic carbocycles. The Kier molecular flexibility index (Phi) is 6.69. The summed E-state index contributed by atoms with van der Waals surface area (Å²) in [6.45, 7) is 0.758. The Morgan fingerprint density at radius 2 is 2.00 bits per heavy atom. The molecule has 0 aromatic heterocycles. The molecule has 0 amide bonds. The summed E-state index contributed by atoms with van der Waals surface area (Å²) < 4.78 is 68.9. The Bertz CT molecular complexity index is 723. The van der Waals surface area contributed by atoms with Gasteiger partial charge < -0.3 is 19.7 Å². The molecule has 6 nitrogen and oxygen atoms in total. The molecule has 2 rings (SSSR count). The van der Waals surface area contributed by atoms with E-state index < -0.39 is 16.2 Å². The van der Waals surface area contributed by atoms with E-state index in [0.717, 1.165) is 12.1 Å². The van der Waals surface area contributed by atoms with E-state index in [0.29, 0.717) is 25.3 Å². The molecule has 1 N–H and O–H groups in total. The number of nitrogens with zero attached hydrogens (tertiary/aromatic N) is 1. The summed E-state index contributed by atoms with van der Waals surface area (Å²) in [7, 11) is -1.56. The van der Waals surface area contributed by atoms with Gasteiger partial charge in [0.1, 0.15) is 5.75 Å². The highest BCUT2D eigenvalue weighted by atomic mass is 32.2. The van der Waals surface area contributed by atoms with Crippen LogP contribution in [0.15, 0.2) is 24.3 Å². The smallest absolute Gasteiger partial charge is 0.406 e. The van der Waals surface area contributed by atoms with Crippen LogP contribution in [0.5, 0.6) is 5.75 Å². The molecule has 0 radical (unpaired) electrons. The number of benzene rings is 1. The molecule has 0 unspecified atom stereocenters. The number of sulfone groups is 1. The lowest BCUT2D eigenvalue weighted by Crippen LogP contribution is -2.45. The van der Waals surface area contributed by atoms with E-state index in [2.05, 4.69) is 10.1 Å². The van der Waals surface area contributed by atoms with Crippen LogP contribution in [-0.2, 0) is 14.6 Å². The van der Waals surface area contributed by atoms with Gasteiger partial charge in [-0.15, -0.1) is 13.2 Å². The molecule has 0 saturated carbocycles. The van der Waals surface area contributed by atoms with Gasteiger partial charge in [-0.25, -0.2) is 8.42 Å². The molecule has 1 fully saturated rings. The number of anilines is 1. The average molecular weight is 412 g/mol. The Morgan fingerprint density at radius 1 is 1.35 bits per heavy atom. The van der Waals surface area contributed by atoms with Gasteiger partial charge in [0.15, 0.2) is 14.9 Å². The van der Waals surface area contributed by atoms with Gasteiger partial charge in [0.2, 0.25) is 0 Å². The SMILES string of the molecule is COCCN(C(=S)Nc1ccc(OC(F)(F)F)cc1)[C@H]1CCS(=O)(=O)C1. The second kappa shape index (κ2) is 8.40. The van der Waals surface area contributed by atoms with E-state index >= 15 is 0 Å². The summed E-state index contributed by atoms with van der Waals surface area (Å²) >= 11 is 5.36. The summed E-state index contributed by atoms with van der Waals surface area (Å²) in [4.78, 5) is 1.74. The second-order valence-electron chi connectivity index (χ2n) is 5.75. The topological polar surface area (TPSA) is 67.9 Å². The zero-order valence-corrected chi connectivity index (χ0v) is 15.6. The molecule has 26 heavy (non-hydrogen) atoms. The normalized spacial score (nSPS) is 19.2. The summed E-state index contributed by atoms with van der Waals surface area (Å²) in [5, 5.41) is 3.20. The van der Waals surface area contributed by atoms with Crippen molar-refractivity contribution in [3.63, 3.8) is 0 Å². The third kappa shape index (κ3) is 6.29. The van der Waals surface area contributed by atoms with E-state index in [9.17, 15) is 21.6 Å². The number of nitrogens with one attached hydrogen (secondary N) is 1. The highest BCUT2D eigenvalue weighted by Crippen LogP contribution is 2.24. The van der Waals surface area contributed by atoms with E-state index in [1.807, 2.05) is 0 Å². The van der Waals surface area contributed by atoms with Crippen molar-refractivity contribution in [3.05, 3.63) is 24.3 Å². The summed E-state index contributed by atoms with van der Waals surface area (Å²) in [6, 6.07) is 4.86. The fourth-order valence-electron chi connectivity index (χ4n) is 2.60. The van der Waals surface area contributed by atoms with Gasteiger partial charge in [0.05, 0.1) is 18.1 Å². The lowest BCUT2D eigenvalue weighted by molar-refractivity contribution is -0.274. The van der Waals surface area contributed by atoms with Crippen LogP contribution < -0.4 is 10.1 Å². The van der Waals surface area contributed by atoms with E-state index in [-0.39, 0.29) is 28.4 Å². The zero-order chi connectivity index (χ0) is 19.4. The number of methoxy groups -OCH3 is 1. The number of ether oxygens (including phenoxy) is 2. The molecule has 0 bridgehead atoms. The summed E-state index contributed by atoms with van der Waals surface area (Å²) in [6.07, 6.45) is -4.29. The monoisotopic (exact) mass is 412 g/mol. The molecule has 0 spiro atoms. The van der Waals surface area contributed by atoms with Crippen LogP contribution in [0, 0.1) is 0 Å². The molecule has 1 aromatic rings. The van der Waals surface area contributed by atoms with Crippen molar-refractivity contribution < 1.29 is 31.1 Å². The lowest BCUT2D eigenvalue weighted by Gasteiger charge is -2.30. The van der Waals surface area contributed by atoms with Crippen molar-refractivity contribution >= 4 is 32.9 Å². The number of halogens is 3. The van der Waals surface area contributed by atoms with Gasteiger partial charge >= 0.3 is 6.36 Å². The minimum Gasteiger partial charge on any atom is -0.406 e. The molecule has 1 aliphatic heterocycles. The Labute approximate surface area is 155 Å². The first-order valence-corrected chi connectivity index (χ1v) is 9.95. The van der Waals surface area contributed by atoms with Crippen LogP contribution in [0.1, 0.15) is 6.42 Å². The Hall–Kier alpha value is -1.59. The van der Waals surface area contributed by atoms with Crippen LogP contribution in [0.3, 0.4) is 0 Å². The molecule has 1 heterocycles. The molecular formula is C15H19F3N2O4S2. The van der Waals surface area contributed by atoms with E-state index in [1.54, 1.807) is 4.90 Å². The van der Waals surface area contributed by atoms with Crippen LogP contribution in [0.2, 0.25) is 0 Å². The standard InChI is InChI=1S/C15H19F3N2O4S2/c1-23-8-7-20(12-6-9-26(21,22)10-12)14(25)19-11-2-4-13(5-3-11)24-15(16,17)18/h2-5,12H,6-10H2,1H3,(H,19,25)/t12-/m0/s1. The fourth-order valence-corrected chi connectivity index (χ4v) is 4.68. The molecule has 0 aliphatic carbocycles. The predicted molar refractivity (Wildman–Crippen MR) is 95.0 cm³/mol. The molecule has 1 atom stereocenters. The third-order valence-corrected chi connectivity index (χ3v) is 5.87. The van der Waals surface area contributed by atoms with E-state index in [1.165, 1.54) is 19.2 Å². The van der Waals surface area contributed by atoms with Gasteiger partial charge in [-0.05, 0) is 42.9 Å². The molecule has 11 heteroatoms. The van der Waals surface area contributed by atoms with Gasteiger partial charge in [-0.3, -0.25) is 0 Å². The van der Waals surface area contributed by atoms with Gasteiger partial charge in [0, 0.05) is 25.4 Å². The van der Waals surface area contributed by atoms with Gasteiger partial charge in [0.25, 0.3) is 0 Å². The van der Waals surface area contributed by atoms with Crippen molar-refractivity contribution in [2.45, 2.75) is 18.8 Å². The first kappa shape index (κ1) is 20.7. The third-order valence-electron chi connectivity index (χ3n) is 3.79. The zero-order valence-electron chi connectivity index (χ0n) is 14.0. The highest BCUT2D eigenvalue weighted by Gasteiger charge is 2.33. The molecular weight excluding hydrogens is 393 g/mol. The number of rotatable bonds is 6. The maximum Gasteiger partial charge on any atom is 0.573 e. The van der Waals surface area contributed by atoms with Crippen LogP contribution in [0.25, 0.3) is 0 Å². The predicted octanol–water partition coefficient (Wildman–Crippen LogP) is 2.42. The quantitative estimate of drug-likeness (QED) is 0.720. The minimum atomic E-state index is -4.75. The van der Waals surface area contributed by atoms with E-state index in [4.69, 9.17) is 17.0 Å². The van der Waals surface area contributed by atoms with Crippen molar-refractivity contribution in [1.82, 2.24) is 4.90 Å². The van der Waals surface area contributed by atoms with Gasteiger partial charge in [-0.1, -0.05) is 0 Å². The first-order chi connectivity index (χ1) is 12.1. The van der Waals surface area contributed by atoms with Crippen LogP contribution in [-0.4, -0.2) is 62.6 Å².